The van der Waals surface area contributed by atoms with Crippen LogP contribution in [0.4, 0.5) is 5.69 Å². The van der Waals surface area contributed by atoms with Crippen LogP contribution in [0.2, 0.25) is 10.0 Å². The van der Waals surface area contributed by atoms with Gasteiger partial charge in [-0.3, -0.25) is 14.5 Å². The molecule has 0 aromatic heterocycles. The van der Waals surface area contributed by atoms with E-state index in [-0.39, 0.29) is 24.0 Å². The molecule has 28 heavy (non-hydrogen) atoms. The zero-order chi connectivity index (χ0) is 20.0. The quantitative estimate of drug-likeness (QED) is 0.592. The second kappa shape index (κ2) is 7.38. The van der Waals surface area contributed by atoms with Crippen LogP contribution in [0.15, 0.2) is 47.7 Å². The number of anilines is 1. The monoisotopic (exact) mass is 413 g/mol. The van der Waals surface area contributed by atoms with E-state index in [0.717, 1.165) is 40.1 Å². The van der Waals surface area contributed by atoms with Gasteiger partial charge in [-0.25, -0.2) is 0 Å². The minimum Gasteiger partial charge on any atom is -0.294 e. The summed E-state index contributed by atoms with van der Waals surface area (Å²) in [6.45, 7) is 4.03. The molecule has 2 aromatic rings. The van der Waals surface area contributed by atoms with E-state index in [4.69, 9.17) is 23.2 Å². The molecule has 2 aromatic carbocycles. The Morgan fingerprint density at radius 2 is 1.79 bits per heavy atom. The molecule has 1 amide bonds. The summed E-state index contributed by atoms with van der Waals surface area (Å²) in [7, 11) is 0. The van der Waals surface area contributed by atoms with Crippen molar-refractivity contribution in [3.8, 4) is 0 Å². The topological polar surface area (TPSA) is 37.4 Å². The summed E-state index contributed by atoms with van der Waals surface area (Å²) in [6, 6.07) is 11.3. The molecule has 2 aliphatic rings. The van der Waals surface area contributed by atoms with Gasteiger partial charge in [0.15, 0.2) is 5.78 Å². The Bertz CT molecular complexity index is 1030. The van der Waals surface area contributed by atoms with Gasteiger partial charge < -0.3 is 0 Å². The van der Waals surface area contributed by atoms with Crippen molar-refractivity contribution in [3.63, 3.8) is 0 Å². The van der Waals surface area contributed by atoms with E-state index in [1.165, 1.54) is 0 Å². The lowest BCUT2D eigenvalue weighted by molar-refractivity contribution is -0.119. The molecule has 1 aliphatic carbocycles. The highest BCUT2D eigenvalue weighted by atomic mass is 35.5. The van der Waals surface area contributed by atoms with Gasteiger partial charge in [0, 0.05) is 40.1 Å². The normalized spacial score (nSPS) is 19.9. The molecule has 0 bridgehead atoms. The average molecular weight is 414 g/mol. The van der Waals surface area contributed by atoms with Crippen LogP contribution in [0.1, 0.15) is 48.3 Å². The van der Waals surface area contributed by atoms with Crippen molar-refractivity contribution in [1.82, 2.24) is 0 Å². The Morgan fingerprint density at radius 1 is 1.00 bits per heavy atom. The van der Waals surface area contributed by atoms with E-state index in [9.17, 15) is 9.59 Å². The smallest absolute Gasteiger partial charge is 0.232 e. The molecule has 1 atom stereocenters. The molecule has 0 radical (unpaired) electrons. The number of benzene rings is 2. The molecular weight excluding hydrogens is 393 g/mol. The third-order valence-corrected chi connectivity index (χ3v) is 6.17. The number of aryl methyl sites for hydroxylation is 2. The fourth-order valence-electron chi connectivity index (χ4n) is 4.38. The molecule has 1 heterocycles. The number of allylic oxidation sites excluding steroid dienone is 2. The van der Waals surface area contributed by atoms with Gasteiger partial charge in [-0.05, 0) is 56.0 Å². The second-order valence-electron chi connectivity index (χ2n) is 7.58. The van der Waals surface area contributed by atoms with Gasteiger partial charge in [0.2, 0.25) is 5.91 Å². The third kappa shape index (κ3) is 3.27. The van der Waals surface area contributed by atoms with Crippen molar-refractivity contribution in [2.24, 2.45) is 0 Å². The Morgan fingerprint density at radius 3 is 2.50 bits per heavy atom. The molecule has 0 saturated heterocycles. The summed E-state index contributed by atoms with van der Waals surface area (Å²) in [4.78, 5) is 28.0. The van der Waals surface area contributed by atoms with Crippen LogP contribution >= 0.6 is 23.2 Å². The molecular formula is C23H21Cl2NO2. The molecule has 0 saturated carbocycles. The molecule has 3 nitrogen and oxygen atoms in total. The Balaban J connectivity index is 1.89. The molecule has 144 valence electrons. The van der Waals surface area contributed by atoms with Crippen molar-refractivity contribution >= 4 is 40.6 Å². The van der Waals surface area contributed by atoms with Gasteiger partial charge in [-0.15, -0.1) is 0 Å². The summed E-state index contributed by atoms with van der Waals surface area (Å²) in [5, 5.41) is 1.03. The first kappa shape index (κ1) is 19.2. The number of carbonyl (C=O) groups excluding carboxylic acids is 2. The van der Waals surface area contributed by atoms with Crippen LogP contribution in [0.5, 0.6) is 0 Å². The van der Waals surface area contributed by atoms with Crippen LogP contribution in [0, 0.1) is 13.8 Å². The van der Waals surface area contributed by atoms with Crippen LogP contribution in [0.25, 0.3) is 0 Å². The van der Waals surface area contributed by atoms with E-state index in [0.29, 0.717) is 22.9 Å². The lowest BCUT2D eigenvalue weighted by Gasteiger charge is -2.39. The number of amides is 1. The molecule has 1 aliphatic heterocycles. The van der Waals surface area contributed by atoms with Crippen molar-refractivity contribution in [3.05, 3.63) is 74.4 Å². The minimum absolute atomic E-state index is 0.00332. The molecule has 0 spiro atoms. The maximum Gasteiger partial charge on any atom is 0.232 e. The number of Topliss-reactive ketones (excluding diaryl/α,β-unsaturated/α-hetero) is 1. The lowest BCUT2D eigenvalue weighted by Crippen LogP contribution is -2.41. The molecule has 5 heteroatoms. The predicted octanol–water partition coefficient (Wildman–Crippen LogP) is 6.14. The first-order valence-corrected chi connectivity index (χ1v) is 10.2. The van der Waals surface area contributed by atoms with Crippen LogP contribution < -0.4 is 4.90 Å². The van der Waals surface area contributed by atoms with E-state index in [1.54, 1.807) is 17.0 Å². The summed E-state index contributed by atoms with van der Waals surface area (Å²) in [6.07, 6.45) is 2.20. The third-order valence-electron chi connectivity index (χ3n) is 5.61. The van der Waals surface area contributed by atoms with Crippen molar-refractivity contribution < 1.29 is 9.59 Å². The van der Waals surface area contributed by atoms with Crippen molar-refractivity contribution in [2.75, 3.05) is 4.90 Å². The largest absolute Gasteiger partial charge is 0.294 e. The first-order chi connectivity index (χ1) is 13.4. The van der Waals surface area contributed by atoms with Gasteiger partial charge in [0.1, 0.15) is 0 Å². The number of hydrogen-bond donors (Lipinski definition) is 0. The van der Waals surface area contributed by atoms with Gasteiger partial charge in [0.25, 0.3) is 0 Å². The van der Waals surface area contributed by atoms with Crippen LogP contribution in [-0.2, 0) is 9.59 Å². The lowest BCUT2D eigenvalue weighted by atomic mass is 9.77. The maximum absolute atomic E-state index is 13.3. The van der Waals surface area contributed by atoms with E-state index in [2.05, 4.69) is 6.07 Å². The zero-order valence-corrected chi connectivity index (χ0v) is 17.4. The highest BCUT2D eigenvalue weighted by Crippen LogP contribution is 2.45. The summed E-state index contributed by atoms with van der Waals surface area (Å²) in [5.74, 6) is -0.210. The highest BCUT2D eigenvalue weighted by molar-refractivity contribution is 6.35. The predicted molar refractivity (Wildman–Crippen MR) is 113 cm³/mol. The number of nitrogens with zero attached hydrogens (tertiary/aromatic N) is 1. The number of carbonyl (C=O) groups is 2. The SMILES string of the molecule is Cc1ccc(N2C(=O)CC(c3ccc(Cl)cc3Cl)C3=C2CCCC3=O)c(C)c1. The van der Waals surface area contributed by atoms with Gasteiger partial charge in [-0.1, -0.05) is 47.0 Å². The van der Waals surface area contributed by atoms with Crippen LogP contribution in [-0.4, -0.2) is 11.7 Å². The van der Waals surface area contributed by atoms with E-state index in [1.807, 2.05) is 32.0 Å². The first-order valence-electron chi connectivity index (χ1n) is 9.48. The Kier molecular flexibility index (Phi) is 5.07. The standard InChI is InChI=1S/C23H21Cl2NO2/c1-13-6-9-19(14(2)10-13)26-20-4-3-5-21(27)23(20)17(12-22(26)28)16-8-7-15(24)11-18(16)25/h6-11,17H,3-5,12H2,1-2H3. The molecule has 0 fully saturated rings. The van der Waals surface area contributed by atoms with Crippen molar-refractivity contribution in [2.45, 2.75) is 45.4 Å². The van der Waals surface area contributed by atoms with Gasteiger partial charge in [-0.2, -0.15) is 0 Å². The minimum atomic E-state index is -0.318. The molecule has 0 N–H and O–H groups in total. The number of rotatable bonds is 2. The Hall–Kier alpha value is -2.10. The number of ketones is 1. The summed E-state index contributed by atoms with van der Waals surface area (Å²) in [5.41, 5.74) is 5.39. The molecule has 4 rings (SSSR count). The number of halogens is 2. The van der Waals surface area contributed by atoms with Gasteiger partial charge in [0.05, 0.1) is 5.69 Å². The van der Waals surface area contributed by atoms with E-state index >= 15 is 0 Å². The summed E-state index contributed by atoms with van der Waals surface area (Å²) < 4.78 is 0. The van der Waals surface area contributed by atoms with Gasteiger partial charge >= 0.3 is 0 Å². The Labute approximate surface area is 174 Å². The zero-order valence-electron chi connectivity index (χ0n) is 15.9. The highest BCUT2D eigenvalue weighted by Gasteiger charge is 2.40. The average Bonchev–Trinajstić information content (AvgIpc) is 2.62. The fourth-order valence-corrected chi connectivity index (χ4v) is 4.92. The van der Waals surface area contributed by atoms with Crippen LogP contribution in [0.3, 0.4) is 0 Å². The summed E-state index contributed by atoms with van der Waals surface area (Å²) >= 11 is 12.5. The fraction of sp³-hybridized carbons (Fsp3) is 0.304. The van der Waals surface area contributed by atoms with Crippen molar-refractivity contribution in [1.29, 1.82) is 0 Å². The molecule has 1 unspecified atom stereocenters. The van der Waals surface area contributed by atoms with E-state index < -0.39 is 0 Å². The second-order valence-corrected chi connectivity index (χ2v) is 8.42. The maximum atomic E-state index is 13.3. The number of hydrogen-bond acceptors (Lipinski definition) is 2.